The minimum atomic E-state index is 0. The van der Waals surface area contributed by atoms with E-state index in [-0.39, 0.29) is 32.7 Å². The molecule has 0 aliphatic rings. The van der Waals surface area contributed by atoms with E-state index in [0.717, 1.165) is 15.6 Å². The normalized spacial score (nSPS) is 6.00. The molecule has 24 valence electrons. The first-order valence-corrected chi connectivity index (χ1v) is 3.06. The van der Waals surface area contributed by atoms with Gasteiger partial charge in [-0.05, 0) is 0 Å². The van der Waals surface area contributed by atoms with Crippen molar-refractivity contribution < 1.29 is 32.7 Å². The van der Waals surface area contributed by atoms with Crippen molar-refractivity contribution in [1.82, 2.24) is 0 Å². The van der Waals surface area contributed by atoms with Crippen LogP contribution in [0.15, 0.2) is 0 Å². The number of hydrogen-bond donors (Lipinski definition) is 0. The van der Waals surface area contributed by atoms with Gasteiger partial charge >= 0.3 is 32.7 Å². The molecule has 0 aliphatic carbocycles. The zero-order chi connectivity index (χ0) is 3.41. The molecule has 2 radical (unpaired) electrons. The van der Waals surface area contributed by atoms with Gasteiger partial charge in [0.05, 0.1) is 0 Å². The van der Waals surface area contributed by atoms with Crippen molar-refractivity contribution in [2.24, 2.45) is 0 Å². The molecule has 0 heterocycles. The van der Waals surface area contributed by atoms with Crippen molar-refractivity contribution in [1.29, 1.82) is 0 Å². The molecule has 0 bridgehead atoms. The van der Waals surface area contributed by atoms with E-state index in [1.807, 2.05) is 0 Å². The molecule has 0 amide bonds. The van der Waals surface area contributed by atoms with Gasteiger partial charge in [0.25, 0.3) is 0 Å². The summed E-state index contributed by atoms with van der Waals surface area (Å²) < 4.78 is 0. The number of rotatable bonds is 1. The minimum Gasteiger partial charge on any atom is -0.346 e. The van der Waals surface area contributed by atoms with Crippen molar-refractivity contribution in [2.45, 2.75) is 12.6 Å². The third kappa shape index (κ3) is 10.9. The summed E-state index contributed by atoms with van der Waals surface area (Å²) in [5, 5.41) is 0. The van der Waals surface area contributed by atoms with Crippen molar-refractivity contribution in [3.8, 4) is 0 Å². The van der Waals surface area contributed by atoms with Crippen molar-refractivity contribution in [3.63, 3.8) is 0 Å². The molecular formula is C3H7SiY+2. The summed E-state index contributed by atoms with van der Waals surface area (Å²) in [6.45, 7) is 5.76. The summed E-state index contributed by atoms with van der Waals surface area (Å²) in [6, 6.07) is 1.10. The Morgan fingerprint density at radius 3 is 2.00 bits per heavy atom. The van der Waals surface area contributed by atoms with E-state index in [4.69, 9.17) is 0 Å². The molecule has 0 aromatic carbocycles. The molecule has 2 heteroatoms. The second-order valence-corrected chi connectivity index (χ2v) is 1.81. The maximum atomic E-state index is 3.62. The molecule has 5 heavy (non-hydrogen) atoms. The first-order valence-electron chi connectivity index (χ1n) is 1.35. The predicted molar refractivity (Wildman–Crippen MR) is 21.8 cm³/mol. The van der Waals surface area contributed by atoms with Crippen LogP contribution in [0.4, 0.5) is 0 Å². The Balaban J connectivity index is 0. The second kappa shape index (κ2) is 9.01. The summed E-state index contributed by atoms with van der Waals surface area (Å²) >= 11 is 0. The third-order valence-electron chi connectivity index (χ3n) is 0.250. The maximum Gasteiger partial charge on any atom is 3.00 e. The van der Waals surface area contributed by atoms with Gasteiger partial charge in [-0.25, -0.2) is 0 Å². The smallest absolute Gasteiger partial charge is 0.346 e. The van der Waals surface area contributed by atoms with Crippen LogP contribution in [0.3, 0.4) is 0 Å². The van der Waals surface area contributed by atoms with Crippen LogP contribution in [0.2, 0.25) is 12.6 Å². The monoisotopic (exact) mass is 160 g/mol. The van der Waals surface area contributed by atoms with Gasteiger partial charge in [-0.3, -0.25) is 0 Å². The molecular weight excluding hydrogens is 153 g/mol. The molecule has 0 fully saturated rings. The Kier molecular flexibility index (Phi) is 17.3. The Morgan fingerprint density at radius 2 is 2.00 bits per heavy atom. The molecule has 0 atom stereocenters. The van der Waals surface area contributed by atoms with Gasteiger partial charge in [-0.15, -0.1) is 0 Å². The molecule has 0 spiro atoms. The van der Waals surface area contributed by atoms with Crippen molar-refractivity contribution in [3.05, 3.63) is 6.92 Å². The van der Waals surface area contributed by atoms with E-state index in [0.29, 0.717) is 0 Å². The third-order valence-corrected chi connectivity index (χ3v) is 0.750. The van der Waals surface area contributed by atoms with Crippen LogP contribution in [-0.2, 0) is 32.7 Å². The zero-order valence-electron chi connectivity index (χ0n) is 3.49. The summed E-state index contributed by atoms with van der Waals surface area (Å²) in [6.07, 6.45) is 0. The van der Waals surface area contributed by atoms with Gasteiger partial charge in [0.1, 0.15) is 0 Å². The molecule has 0 nitrogen and oxygen atoms in total. The molecule has 0 saturated carbocycles. The quantitative estimate of drug-likeness (QED) is 0.396. The van der Waals surface area contributed by atoms with Crippen molar-refractivity contribution in [2.75, 3.05) is 0 Å². The topological polar surface area (TPSA) is 0 Å². The summed E-state index contributed by atoms with van der Waals surface area (Å²) in [5.74, 6) is 0. The zero-order valence-corrected chi connectivity index (χ0v) is 7.33. The first kappa shape index (κ1) is 9.59. The van der Waals surface area contributed by atoms with E-state index >= 15 is 0 Å². The molecule has 0 aromatic heterocycles. The SMILES string of the molecule is [CH2-]C[Si]C.[Y+3]. The van der Waals surface area contributed by atoms with Gasteiger partial charge in [0, 0.05) is 9.52 Å². The Morgan fingerprint density at radius 1 is 1.80 bits per heavy atom. The van der Waals surface area contributed by atoms with Crippen LogP contribution in [0, 0.1) is 6.92 Å². The largest absolute Gasteiger partial charge is 3.00 e. The van der Waals surface area contributed by atoms with E-state index in [1.165, 1.54) is 0 Å². The summed E-state index contributed by atoms with van der Waals surface area (Å²) in [7, 11) is 1.03. The predicted octanol–water partition coefficient (Wildman–Crippen LogP) is 0.989. The van der Waals surface area contributed by atoms with Crippen LogP contribution in [0.25, 0.3) is 0 Å². The Bertz CT molecular complexity index is 8.85. The molecule has 0 unspecified atom stereocenters. The standard InChI is InChI=1S/C3H7Si.Y/c1-3-4-2;/h1,3H2,2H3;/q-1;+3. The minimum absolute atomic E-state index is 0. The molecule has 0 N–H and O–H groups in total. The average molecular weight is 160 g/mol. The summed E-state index contributed by atoms with van der Waals surface area (Å²) in [4.78, 5) is 0. The van der Waals surface area contributed by atoms with E-state index in [2.05, 4.69) is 13.5 Å². The first-order chi connectivity index (χ1) is 1.91. The molecule has 0 rings (SSSR count). The maximum absolute atomic E-state index is 3.62. The van der Waals surface area contributed by atoms with Crippen LogP contribution in [0.5, 0.6) is 0 Å². The van der Waals surface area contributed by atoms with E-state index in [9.17, 15) is 0 Å². The van der Waals surface area contributed by atoms with Gasteiger partial charge in [0.15, 0.2) is 0 Å². The van der Waals surface area contributed by atoms with Crippen molar-refractivity contribution >= 4 is 9.52 Å². The van der Waals surface area contributed by atoms with E-state index in [1.54, 1.807) is 0 Å². The molecule has 0 aliphatic heterocycles. The average Bonchev–Trinajstić information content (AvgIpc) is 1.37. The fraction of sp³-hybridized carbons (Fsp3) is 0.667. The van der Waals surface area contributed by atoms with Gasteiger partial charge in [-0.1, -0.05) is 6.55 Å². The second-order valence-electron chi connectivity index (χ2n) is 0.604. The molecule has 0 saturated heterocycles. The van der Waals surface area contributed by atoms with Gasteiger partial charge in [-0.2, -0.15) is 6.04 Å². The Labute approximate surface area is 61.4 Å². The van der Waals surface area contributed by atoms with Crippen LogP contribution in [0.1, 0.15) is 0 Å². The Hall–Kier alpha value is 1.32. The fourth-order valence-electron chi connectivity index (χ4n) is 0. The molecule has 0 aromatic rings. The van der Waals surface area contributed by atoms with Gasteiger partial charge in [0.2, 0.25) is 0 Å². The van der Waals surface area contributed by atoms with Crippen LogP contribution >= 0.6 is 0 Å². The van der Waals surface area contributed by atoms with Crippen LogP contribution in [-0.4, -0.2) is 9.52 Å². The van der Waals surface area contributed by atoms with Crippen LogP contribution < -0.4 is 0 Å². The van der Waals surface area contributed by atoms with Gasteiger partial charge < -0.3 is 6.92 Å². The summed E-state index contributed by atoms with van der Waals surface area (Å²) in [5.41, 5.74) is 0. The number of hydrogen-bond acceptors (Lipinski definition) is 0. The fourth-order valence-corrected chi connectivity index (χ4v) is 0. The van der Waals surface area contributed by atoms with E-state index < -0.39 is 0 Å².